The summed E-state index contributed by atoms with van der Waals surface area (Å²) < 4.78 is 16.9. The van der Waals surface area contributed by atoms with E-state index in [-0.39, 0.29) is 30.1 Å². The van der Waals surface area contributed by atoms with Crippen molar-refractivity contribution in [1.82, 2.24) is 15.6 Å². The molecule has 164 valence electrons. The molecule has 8 heteroatoms. The van der Waals surface area contributed by atoms with Crippen LogP contribution in [0.2, 0.25) is 0 Å². The molecule has 0 spiro atoms. The molecule has 0 amide bonds. The molecule has 1 saturated carbocycles. The van der Waals surface area contributed by atoms with Crippen molar-refractivity contribution >= 4 is 29.9 Å². The third kappa shape index (κ3) is 6.65. The molecular weight excluding hydrogens is 495 g/mol. The number of ether oxygens (including phenoxy) is 3. The average Bonchev–Trinajstić information content (AvgIpc) is 3.28. The number of hydrogen-bond donors (Lipinski definition) is 2. The van der Waals surface area contributed by atoms with E-state index in [0.717, 1.165) is 35.5 Å². The summed E-state index contributed by atoms with van der Waals surface area (Å²) in [5.41, 5.74) is 2.09. The molecule has 2 N–H and O–H groups in total. The Labute approximate surface area is 195 Å². The topological polar surface area (TPSA) is 77.0 Å². The van der Waals surface area contributed by atoms with Crippen LogP contribution < -0.4 is 24.8 Å². The van der Waals surface area contributed by atoms with Crippen LogP contribution in [0.25, 0.3) is 0 Å². The van der Waals surface area contributed by atoms with Crippen molar-refractivity contribution in [3.63, 3.8) is 0 Å². The number of guanidine groups is 1. The molecule has 0 unspecified atom stereocenters. The van der Waals surface area contributed by atoms with Gasteiger partial charge in [-0.1, -0.05) is 18.2 Å². The Balaban J connectivity index is 0.00000320. The second-order valence-electron chi connectivity index (χ2n) is 6.96. The first kappa shape index (κ1) is 24.0. The highest BCUT2D eigenvalue weighted by Gasteiger charge is 2.20. The first-order valence-corrected chi connectivity index (χ1v) is 9.99. The summed E-state index contributed by atoms with van der Waals surface area (Å²) in [7, 11) is 5.04. The highest BCUT2D eigenvalue weighted by molar-refractivity contribution is 14.0. The number of halogens is 1. The fraction of sp³-hybridized carbons (Fsp3) is 0.455. The number of aromatic nitrogens is 1. The Morgan fingerprint density at radius 2 is 1.83 bits per heavy atom. The lowest BCUT2D eigenvalue weighted by molar-refractivity contribution is 0.198. The maximum Gasteiger partial charge on any atom is 0.212 e. The molecular formula is C22H31IN4O3. The van der Waals surface area contributed by atoms with E-state index in [0.29, 0.717) is 24.9 Å². The molecule has 3 rings (SSSR count). The Hall–Kier alpha value is -2.23. The first-order valence-electron chi connectivity index (χ1n) is 9.99. The molecule has 0 aliphatic heterocycles. The van der Waals surface area contributed by atoms with Gasteiger partial charge in [0.05, 0.1) is 20.3 Å². The Kier molecular flexibility index (Phi) is 9.99. The number of rotatable bonds is 8. The minimum absolute atomic E-state index is 0. The summed E-state index contributed by atoms with van der Waals surface area (Å²) in [6.45, 7) is 1.19. The monoisotopic (exact) mass is 526 g/mol. The highest BCUT2D eigenvalue weighted by Crippen LogP contribution is 2.34. The number of nitrogens with one attached hydrogen (secondary N) is 2. The van der Waals surface area contributed by atoms with Gasteiger partial charge < -0.3 is 24.8 Å². The van der Waals surface area contributed by atoms with Crippen molar-refractivity contribution in [3.8, 4) is 17.4 Å². The summed E-state index contributed by atoms with van der Waals surface area (Å²) in [4.78, 5) is 8.53. The Bertz CT molecular complexity index is 809. The summed E-state index contributed by atoms with van der Waals surface area (Å²) in [5, 5.41) is 6.65. The standard InChI is InChI=1S/C22H30N4O3.HI/c1-23-22(25-14-16-11-12-20(28-3)24-13-16)26-15-17-7-6-10-19(27-2)21(17)29-18-8-4-5-9-18;/h6-7,10-13,18H,4-5,8-9,14-15H2,1-3H3,(H2,23,25,26);1H. The predicted octanol–water partition coefficient (Wildman–Crippen LogP) is 3.90. The van der Waals surface area contributed by atoms with Crippen LogP contribution in [0.1, 0.15) is 36.8 Å². The summed E-state index contributed by atoms with van der Waals surface area (Å²) >= 11 is 0. The van der Waals surface area contributed by atoms with Crippen LogP contribution in [-0.2, 0) is 13.1 Å². The third-order valence-electron chi connectivity index (χ3n) is 5.00. The molecule has 1 fully saturated rings. The van der Waals surface area contributed by atoms with E-state index >= 15 is 0 Å². The van der Waals surface area contributed by atoms with E-state index in [9.17, 15) is 0 Å². The molecule has 1 aliphatic rings. The van der Waals surface area contributed by atoms with Crippen LogP contribution in [0, 0.1) is 0 Å². The Morgan fingerprint density at radius 1 is 1.07 bits per heavy atom. The van der Waals surface area contributed by atoms with Crippen molar-refractivity contribution < 1.29 is 14.2 Å². The number of pyridine rings is 1. The largest absolute Gasteiger partial charge is 0.493 e. The van der Waals surface area contributed by atoms with Gasteiger partial charge in [0.2, 0.25) is 5.88 Å². The van der Waals surface area contributed by atoms with E-state index in [1.807, 2.05) is 24.3 Å². The zero-order valence-corrected chi connectivity index (χ0v) is 20.1. The van der Waals surface area contributed by atoms with Gasteiger partial charge in [0.25, 0.3) is 0 Å². The zero-order chi connectivity index (χ0) is 20.5. The second kappa shape index (κ2) is 12.5. The minimum Gasteiger partial charge on any atom is -0.493 e. The second-order valence-corrected chi connectivity index (χ2v) is 6.96. The smallest absolute Gasteiger partial charge is 0.212 e. The van der Waals surface area contributed by atoms with E-state index in [2.05, 4.69) is 26.7 Å². The number of methoxy groups -OCH3 is 2. The van der Waals surface area contributed by atoms with Gasteiger partial charge in [0, 0.05) is 38.0 Å². The van der Waals surface area contributed by atoms with Gasteiger partial charge in [0.15, 0.2) is 17.5 Å². The molecule has 0 atom stereocenters. The third-order valence-corrected chi connectivity index (χ3v) is 5.00. The lowest BCUT2D eigenvalue weighted by Gasteiger charge is -2.20. The van der Waals surface area contributed by atoms with Gasteiger partial charge in [-0.05, 0) is 37.3 Å². The SMILES string of the molecule is CN=C(NCc1ccc(OC)nc1)NCc1cccc(OC)c1OC1CCCC1.I. The predicted molar refractivity (Wildman–Crippen MR) is 129 cm³/mol. The molecule has 0 bridgehead atoms. The van der Waals surface area contributed by atoms with E-state index in [1.165, 1.54) is 12.8 Å². The van der Waals surface area contributed by atoms with Crippen LogP contribution in [0.5, 0.6) is 17.4 Å². The Morgan fingerprint density at radius 3 is 2.47 bits per heavy atom. The molecule has 0 saturated heterocycles. The van der Waals surface area contributed by atoms with Gasteiger partial charge in [-0.25, -0.2) is 4.98 Å². The van der Waals surface area contributed by atoms with Crippen LogP contribution in [-0.4, -0.2) is 38.3 Å². The van der Waals surface area contributed by atoms with Gasteiger partial charge in [-0.15, -0.1) is 24.0 Å². The van der Waals surface area contributed by atoms with Crippen molar-refractivity contribution in [2.75, 3.05) is 21.3 Å². The summed E-state index contributed by atoms with van der Waals surface area (Å²) in [6.07, 6.45) is 6.71. The van der Waals surface area contributed by atoms with Crippen LogP contribution in [0.15, 0.2) is 41.5 Å². The fourth-order valence-corrected chi connectivity index (χ4v) is 3.39. The van der Waals surface area contributed by atoms with Crippen molar-refractivity contribution in [2.45, 2.75) is 44.9 Å². The molecule has 7 nitrogen and oxygen atoms in total. The fourth-order valence-electron chi connectivity index (χ4n) is 3.39. The van der Waals surface area contributed by atoms with Crippen LogP contribution in [0.4, 0.5) is 0 Å². The zero-order valence-electron chi connectivity index (χ0n) is 17.8. The number of para-hydroxylation sites is 1. The number of benzene rings is 1. The van der Waals surface area contributed by atoms with E-state index in [1.54, 1.807) is 27.5 Å². The maximum absolute atomic E-state index is 6.30. The number of hydrogen-bond acceptors (Lipinski definition) is 5. The summed E-state index contributed by atoms with van der Waals surface area (Å²) in [6, 6.07) is 9.80. The van der Waals surface area contributed by atoms with Gasteiger partial charge in [-0.2, -0.15) is 0 Å². The van der Waals surface area contributed by atoms with Gasteiger partial charge in [0.1, 0.15) is 0 Å². The molecule has 1 aromatic carbocycles. The van der Waals surface area contributed by atoms with Crippen LogP contribution in [0.3, 0.4) is 0 Å². The molecule has 1 aliphatic carbocycles. The highest BCUT2D eigenvalue weighted by atomic mass is 127. The van der Waals surface area contributed by atoms with Crippen molar-refractivity contribution in [2.24, 2.45) is 4.99 Å². The quantitative estimate of drug-likeness (QED) is 0.309. The molecule has 1 aromatic heterocycles. The summed E-state index contributed by atoms with van der Waals surface area (Å²) in [5.74, 6) is 2.90. The first-order chi connectivity index (χ1) is 14.2. The van der Waals surface area contributed by atoms with E-state index in [4.69, 9.17) is 14.2 Å². The average molecular weight is 526 g/mol. The van der Waals surface area contributed by atoms with Crippen molar-refractivity contribution in [1.29, 1.82) is 0 Å². The van der Waals surface area contributed by atoms with Gasteiger partial charge >= 0.3 is 0 Å². The number of nitrogens with zero attached hydrogens (tertiary/aromatic N) is 2. The molecule has 30 heavy (non-hydrogen) atoms. The van der Waals surface area contributed by atoms with Gasteiger partial charge in [-0.3, -0.25) is 4.99 Å². The molecule has 1 heterocycles. The van der Waals surface area contributed by atoms with Crippen molar-refractivity contribution in [3.05, 3.63) is 47.7 Å². The minimum atomic E-state index is 0. The van der Waals surface area contributed by atoms with E-state index < -0.39 is 0 Å². The normalized spacial score (nSPS) is 14.0. The maximum atomic E-state index is 6.30. The lowest BCUT2D eigenvalue weighted by atomic mass is 10.1. The molecule has 0 radical (unpaired) electrons. The number of aliphatic imine (C=N–C) groups is 1. The van der Waals surface area contributed by atoms with Crippen LogP contribution >= 0.6 is 24.0 Å². The lowest BCUT2D eigenvalue weighted by Crippen LogP contribution is -2.36. The molecule has 2 aromatic rings.